The van der Waals surface area contributed by atoms with Crippen molar-refractivity contribution in [1.29, 1.82) is 0 Å². The maximum absolute atomic E-state index is 6.92. The van der Waals surface area contributed by atoms with Gasteiger partial charge in [0.25, 0.3) is 0 Å². The fourth-order valence-corrected chi connectivity index (χ4v) is 6.12. The van der Waals surface area contributed by atoms with Gasteiger partial charge in [-0.05, 0) is 71.7 Å². The summed E-state index contributed by atoms with van der Waals surface area (Å²) in [5.74, 6) is 1.31. The number of hydrogen-bond donors (Lipinski definition) is 1. The van der Waals surface area contributed by atoms with Crippen molar-refractivity contribution < 1.29 is 8.85 Å². The normalized spacial score (nSPS) is 23.6. The van der Waals surface area contributed by atoms with Crippen molar-refractivity contribution in [2.75, 3.05) is 11.9 Å². The third-order valence-electron chi connectivity index (χ3n) is 7.33. The Labute approximate surface area is 199 Å². The molecule has 0 aromatic carbocycles. The molecule has 0 saturated heterocycles. The van der Waals surface area contributed by atoms with Gasteiger partial charge in [0, 0.05) is 24.6 Å². The second kappa shape index (κ2) is 9.45. The molecule has 1 heterocycles. The average Bonchev–Trinajstić information content (AvgIpc) is 2.91. The molecule has 2 rings (SSSR count). The minimum atomic E-state index is -1.85. The van der Waals surface area contributed by atoms with Crippen molar-refractivity contribution in [3.8, 4) is 0 Å². The summed E-state index contributed by atoms with van der Waals surface area (Å²) >= 11 is 2.23. The molecule has 0 unspecified atom stereocenters. The van der Waals surface area contributed by atoms with Crippen LogP contribution in [0.25, 0.3) is 0 Å². The van der Waals surface area contributed by atoms with Crippen LogP contribution in [-0.4, -0.2) is 45.4 Å². The molecular formula is C22H42IN3O2Si2. The molecule has 0 bridgehead atoms. The number of halogens is 1. The molecule has 0 spiro atoms. The number of rotatable bonds is 7. The van der Waals surface area contributed by atoms with Gasteiger partial charge in [-0.1, -0.05) is 41.5 Å². The summed E-state index contributed by atoms with van der Waals surface area (Å²) in [4.78, 5) is 8.60. The van der Waals surface area contributed by atoms with E-state index in [1.807, 2.05) is 6.07 Å². The van der Waals surface area contributed by atoms with E-state index in [1.165, 1.54) is 0 Å². The standard InChI is InChI=1S/C22H42IN3O2Si2/c1-21(2,3)29(7,8)27-14-16-11-17(26-20-13-19(23)24-15-25-20)12-18(16)28-30(9,10)22(4,5)6/h13,15-18H,11-12,14H2,1-10H3,(H,24,25,26)/t16-,17+,18-/m0/s1. The van der Waals surface area contributed by atoms with E-state index in [1.54, 1.807) is 6.33 Å². The second-order valence-electron chi connectivity index (χ2n) is 11.8. The molecule has 3 atom stereocenters. The first-order valence-electron chi connectivity index (χ1n) is 11.1. The van der Waals surface area contributed by atoms with Crippen molar-refractivity contribution in [1.82, 2.24) is 9.97 Å². The summed E-state index contributed by atoms with van der Waals surface area (Å²) in [6.45, 7) is 24.0. The Bertz CT molecular complexity index is 717. The van der Waals surface area contributed by atoms with Crippen molar-refractivity contribution in [2.45, 2.75) is 103 Å². The quantitative estimate of drug-likeness (QED) is 0.228. The third-order valence-corrected chi connectivity index (χ3v) is 16.9. The highest BCUT2D eigenvalue weighted by Crippen LogP contribution is 2.42. The van der Waals surface area contributed by atoms with Crippen LogP contribution in [0.5, 0.6) is 0 Å². The molecule has 1 aromatic heterocycles. The minimum Gasteiger partial charge on any atom is -0.416 e. The second-order valence-corrected chi connectivity index (χ2v) is 22.5. The minimum absolute atomic E-state index is 0.201. The lowest BCUT2D eigenvalue weighted by molar-refractivity contribution is 0.101. The molecule has 1 aliphatic rings. The van der Waals surface area contributed by atoms with E-state index in [4.69, 9.17) is 8.85 Å². The lowest BCUT2D eigenvalue weighted by atomic mass is 10.1. The van der Waals surface area contributed by atoms with E-state index in [0.717, 1.165) is 29.0 Å². The highest BCUT2D eigenvalue weighted by molar-refractivity contribution is 14.1. The van der Waals surface area contributed by atoms with Crippen LogP contribution < -0.4 is 5.32 Å². The van der Waals surface area contributed by atoms with Crippen molar-refractivity contribution in [3.05, 3.63) is 16.1 Å². The molecule has 0 aliphatic heterocycles. The molecule has 0 radical (unpaired) electrons. The number of aromatic nitrogens is 2. The summed E-state index contributed by atoms with van der Waals surface area (Å²) in [6, 6.07) is 2.35. The zero-order chi connectivity index (χ0) is 23.0. The van der Waals surface area contributed by atoms with Crippen molar-refractivity contribution in [3.63, 3.8) is 0 Å². The fourth-order valence-electron chi connectivity index (χ4n) is 3.23. The number of hydrogen-bond acceptors (Lipinski definition) is 5. The lowest BCUT2D eigenvalue weighted by Crippen LogP contribution is -2.46. The van der Waals surface area contributed by atoms with E-state index in [0.29, 0.717) is 12.0 Å². The summed E-state index contributed by atoms with van der Waals surface area (Å²) in [6.07, 6.45) is 3.91. The van der Waals surface area contributed by atoms with Gasteiger partial charge in [0.1, 0.15) is 15.8 Å². The Balaban J connectivity index is 2.15. The van der Waals surface area contributed by atoms with E-state index < -0.39 is 16.6 Å². The summed E-state index contributed by atoms with van der Waals surface area (Å²) in [7, 11) is -3.64. The van der Waals surface area contributed by atoms with Crippen LogP contribution in [0.1, 0.15) is 54.4 Å². The molecule has 5 nitrogen and oxygen atoms in total. The number of nitrogens with zero attached hydrogens (tertiary/aromatic N) is 2. The third kappa shape index (κ3) is 6.73. The molecule has 1 aromatic rings. The van der Waals surface area contributed by atoms with Gasteiger partial charge in [0.2, 0.25) is 0 Å². The van der Waals surface area contributed by atoms with E-state index >= 15 is 0 Å². The Morgan fingerprint density at radius 2 is 1.60 bits per heavy atom. The van der Waals surface area contributed by atoms with E-state index in [2.05, 4.69) is 106 Å². The summed E-state index contributed by atoms with van der Waals surface area (Å²) in [5.41, 5.74) is 0. The van der Waals surface area contributed by atoms with Gasteiger partial charge in [-0.3, -0.25) is 0 Å². The van der Waals surface area contributed by atoms with Crippen molar-refractivity contribution in [2.24, 2.45) is 5.92 Å². The molecule has 0 amide bonds. The molecule has 1 saturated carbocycles. The van der Waals surface area contributed by atoms with Crippen LogP contribution in [0.3, 0.4) is 0 Å². The first-order chi connectivity index (χ1) is 13.5. The molecule has 1 aliphatic carbocycles. The zero-order valence-corrected chi connectivity index (χ0v) is 24.8. The van der Waals surface area contributed by atoms with Gasteiger partial charge in [-0.2, -0.15) is 0 Å². The van der Waals surface area contributed by atoms with Gasteiger partial charge < -0.3 is 14.2 Å². The predicted octanol–water partition coefficient (Wildman–Crippen LogP) is 6.68. The Hall–Kier alpha value is -0.0362. The first-order valence-corrected chi connectivity index (χ1v) is 18.0. The molecule has 30 heavy (non-hydrogen) atoms. The van der Waals surface area contributed by atoms with Gasteiger partial charge in [-0.25, -0.2) is 9.97 Å². The molecule has 8 heteroatoms. The Kier molecular flexibility index (Phi) is 8.26. The van der Waals surface area contributed by atoms with Crippen LogP contribution >= 0.6 is 22.6 Å². The maximum atomic E-state index is 6.92. The topological polar surface area (TPSA) is 56.3 Å². The predicted molar refractivity (Wildman–Crippen MR) is 140 cm³/mol. The zero-order valence-electron chi connectivity index (χ0n) is 20.6. The fraction of sp³-hybridized carbons (Fsp3) is 0.818. The van der Waals surface area contributed by atoms with Gasteiger partial charge >= 0.3 is 0 Å². The Morgan fingerprint density at radius 3 is 2.13 bits per heavy atom. The highest BCUT2D eigenvalue weighted by Gasteiger charge is 2.45. The monoisotopic (exact) mass is 563 g/mol. The number of anilines is 1. The molecular weight excluding hydrogens is 521 g/mol. The molecule has 1 N–H and O–H groups in total. The molecule has 1 fully saturated rings. The van der Waals surface area contributed by atoms with Crippen LogP contribution in [0.2, 0.25) is 36.3 Å². The average molecular weight is 564 g/mol. The smallest absolute Gasteiger partial charge is 0.192 e. The largest absolute Gasteiger partial charge is 0.416 e. The lowest BCUT2D eigenvalue weighted by Gasteiger charge is -2.41. The Morgan fingerprint density at radius 1 is 1.00 bits per heavy atom. The van der Waals surface area contributed by atoms with Crippen LogP contribution in [0.15, 0.2) is 12.4 Å². The van der Waals surface area contributed by atoms with Crippen LogP contribution in [0.4, 0.5) is 5.82 Å². The van der Waals surface area contributed by atoms with Gasteiger partial charge in [0.15, 0.2) is 16.6 Å². The number of nitrogens with one attached hydrogen (secondary N) is 1. The SMILES string of the molecule is CC(C)(C)[Si](C)(C)OC[C@@H]1C[C@@H](Nc2cc(I)ncn2)C[C@@H]1O[Si](C)(C)C(C)(C)C. The van der Waals surface area contributed by atoms with E-state index in [-0.39, 0.29) is 16.2 Å². The maximum Gasteiger partial charge on any atom is 0.192 e. The van der Waals surface area contributed by atoms with Crippen LogP contribution in [-0.2, 0) is 8.85 Å². The first kappa shape index (κ1) is 26.2. The molecule has 172 valence electrons. The van der Waals surface area contributed by atoms with Gasteiger partial charge in [0.05, 0.1) is 6.10 Å². The summed E-state index contributed by atoms with van der Waals surface area (Å²) in [5, 5.41) is 4.05. The van der Waals surface area contributed by atoms with Crippen LogP contribution in [0, 0.1) is 9.62 Å². The highest BCUT2D eigenvalue weighted by atomic mass is 127. The van der Waals surface area contributed by atoms with E-state index in [9.17, 15) is 0 Å². The van der Waals surface area contributed by atoms with Crippen molar-refractivity contribution >= 4 is 45.0 Å². The van der Waals surface area contributed by atoms with Gasteiger partial charge in [-0.15, -0.1) is 0 Å². The summed E-state index contributed by atoms with van der Waals surface area (Å²) < 4.78 is 14.5.